The minimum absolute atomic E-state index is 0.0510. The van der Waals surface area contributed by atoms with Gasteiger partial charge in [0, 0.05) is 13.0 Å². The highest BCUT2D eigenvalue weighted by atomic mass is 19.4. The molecule has 0 aromatic rings. The van der Waals surface area contributed by atoms with Crippen molar-refractivity contribution in [3.8, 4) is 0 Å². The average molecular weight is 198 g/mol. The van der Waals surface area contributed by atoms with Crippen molar-refractivity contribution in [3.05, 3.63) is 0 Å². The molecule has 0 saturated heterocycles. The summed E-state index contributed by atoms with van der Waals surface area (Å²) in [5.41, 5.74) is 0. The summed E-state index contributed by atoms with van der Waals surface area (Å²) in [7, 11) is 0. The van der Waals surface area contributed by atoms with Gasteiger partial charge in [0.2, 0.25) is 5.78 Å². The van der Waals surface area contributed by atoms with Gasteiger partial charge in [-0.2, -0.15) is 13.2 Å². The number of ketones is 1. The van der Waals surface area contributed by atoms with Gasteiger partial charge in [-0.15, -0.1) is 0 Å². The fraction of sp³-hybridized carbons (Fsp3) is 0.875. The van der Waals surface area contributed by atoms with E-state index in [1.807, 2.05) is 0 Å². The summed E-state index contributed by atoms with van der Waals surface area (Å²) < 4.78 is 35.2. The van der Waals surface area contributed by atoms with E-state index in [0.717, 1.165) is 0 Å². The number of hydrogen-bond acceptors (Lipinski definition) is 2. The Balaban J connectivity index is 3.79. The zero-order chi connectivity index (χ0) is 10.5. The average Bonchev–Trinajstić information content (AvgIpc) is 1.99. The molecule has 0 spiro atoms. The first kappa shape index (κ1) is 12.4. The second kappa shape index (κ2) is 5.21. The molecule has 0 aliphatic rings. The van der Waals surface area contributed by atoms with Crippen molar-refractivity contribution in [2.24, 2.45) is 5.92 Å². The summed E-state index contributed by atoms with van der Waals surface area (Å²) in [6.07, 6.45) is -4.32. The number of halogens is 3. The number of Topliss-reactive ketones (excluding diaryl/α,β-unsaturated/α-hetero) is 1. The van der Waals surface area contributed by atoms with E-state index in [1.54, 1.807) is 6.92 Å². The molecule has 0 aliphatic carbocycles. The number of aliphatic hydroxyl groups is 1. The molecule has 0 bridgehead atoms. The number of hydrogen-bond donors (Lipinski definition) is 1. The lowest BCUT2D eigenvalue weighted by atomic mass is 9.99. The van der Waals surface area contributed by atoms with Gasteiger partial charge in [-0.3, -0.25) is 4.79 Å². The summed E-state index contributed by atoms with van der Waals surface area (Å²) in [5, 5.41) is 8.40. The van der Waals surface area contributed by atoms with Crippen molar-refractivity contribution in [2.45, 2.75) is 32.4 Å². The second-order valence-corrected chi connectivity index (χ2v) is 3.10. The van der Waals surface area contributed by atoms with Crippen LogP contribution in [0.3, 0.4) is 0 Å². The van der Waals surface area contributed by atoms with Crippen LogP contribution in [-0.2, 0) is 4.79 Å². The largest absolute Gasteiger partial charge is 0.449 e. The molecule has 78 valence electrons. The van der Waals surface area contributed by atoms with Gasteiger partial charge in [-0.05, 0) is 18.8 Å². The third kappa shape index (κ3) is 5.63. The van der Waals surface area contributed by atoms with Crippen LogP contribution in [0, 0.1) is 5.92 Å². The Morgan fingerprint density at radius 3 is 2.38 bits per heavy atom. The standard InChI is InChI=1S/C8H13F3O2/c1-6(3-2-4-12)5-7(13)8(9,10)11/h6,12H,2-5H2,1H3/t6-/m1/s1. The number of carbonyl (C=O) groups excluding carboxylic acids is 1. The Labute approximate surface area is 74.7 Å². The molecule has 0 saturated carbocycles. The van der Waals surface area contributed by atoms with Gasteiger partial charge in [0.05, 0.1) is 0 Å². The predicted molar refractivity (Wildman–Crippen MR) is 41.2 cm³/mol. The quantitative estimate of drug-likeness (QED) is 0.732. The Kier molecular flexibility index (Phi) is 4.98. The van der Waals surface area contributed by atoms with Crippen molar-refractivity contribution in [3.63, 3.8) is 0 Å². The van der Waals surface area contributed by atoms with E-state index in [4.69, 9.17) is 5.11 Å². The summed E-state index contributed by atoms with van der Waals surface area (Å²) in [4.78, 5) is 10.5. The van der Waals surface area contributed by atoms with Crippen molar-refractivity contribution in [1.82, 2.24) is 0 Å². The highest BCUT2D eigenvalue weighted by Gasteiger charge is 2.38. The summed E-state index contributed by atoms with van der Waals surface area (Å²) in [6.45, 7) is 1.52. The Bertz CT molecular complexity index is 165. The molecule has 0 rings (SSSR count). The van der Waals surface area contributed by atoms with Gasteiger partial charge in [0.1, 0.15) is 0 Å². The first-order valence-electron chi connectivity index (χ1n) is 4.08. The van der Waals surface area contributed by atoms with Crippen LogP contribution in [0.2, 0.25) is 0 Å². The zero-order valence-electron chi connectivity index (χ0n) is 7.40. The molecule has 5 heteroatoms. The van der Waals surface area contributed by atoms with Gasteiger partial charge in [0.15, 0.2) is 0 Å². The number of alkyl halides is 3. The SMILES string of the molecule is C[C@H](CCCO)CC(=O)C(F)(F)F. The molecule has 0 amide bonds. The van der Waals surface area contributed by atoms with Crippen LogP contribution < -0.4 is 0 Å². The van der Waals surface area contributed by atoms with Crippen LogP contribution in [0.4, 0.5) is 13.2 Å². The van der Waals surface area contributed by atoms with E-state index in [0.29, 0.717) is 12.8 Å². The lowest BCUT2D eigenvalue weighted by Gasteiger charge is -2.10. The van der Waals surface area contributed by atoms with Gasteiger partial charge < -0.3 is 5.11 Å². The molecular weight excluding hydrogens is 185 g/mol. The zero-order valence-corrected chi connectivity index (χ0v) is 7.40. The van der Waals surface area contributed by atoms with Crippen molar-refractivity contribution < 1.29 is 23.1 Å². The van der Waals surface area contributed by atoms with Gasteiger partial charge >= 0.3 is 6.18 Å². The Morgan fingerprint density at radius 2 is 2.00 bits per heavy atom. The molecule has 1 N–H and O–H groups in total. The van der Waals surface area contributed by atoms with Crippen LogP contribution in [0.15, 0.2) is 0 Å². The first-order chi connectivity index (χ1) is 5.88. The molecule has 0 aromatic carbocycles. The van der Waals surface area contributed by atoms with Crippen molar-refractivity contribution in [2.75, 3.05) is 6.61 Å². The normalized spacial score (nSPS) is 14.2. The lowest BCUT2D eigenvalue weighted by Crippen LogP contribution is -2.24. The number of rotatable bonds is 5. The molecule has 13 heavy (non-hydrogen) atoms. The topological polar surface area (TPSA) is 37.3 Å². The Hall–Kier alpha value is -0.580. The highest BCUT2D eigenvalue weighted by Crippen LogP contribution is 2.22. The minimum atomic E-state index is -4.71. The van der Waals surface area contributed by atoms with Crippen molar-refractivity contribution in [1.29, 1.82) is 0 Å². The van der Waals surface area contributed by atoms with Gasteiger partial charge in [0.25, 0.3) is 0 Å². The molecule has 0 radical (unpaired) electrons. The maximum Gasteiger partial charge on any atom is 0.449 e. The smallest absolute Gasteiger partial charge is 0.396 e. The van der Waals surface area contributed by atoms with Crippen LogP contribution >= 0.6 is 0 Å². The third-order valence-corrected chi connectivity index (χ3v) is 1.71. The highest BCUT2D eigenvalue weighted by molar-refractivity contribution is 5.84. The van der Waals surface area contributed by atoms with Crippen LogP contribution in [0.5, 0.6) is 0 Å². The van der Waals surface area contributed by atoms with Crippen LogP contribution in [-0.4, -0.2) is 23.7 Å². The summed E-state index contributed by atoms with van der Waals surface area (Å²) in [6, 6.07) is 0. The monoisotopic (exact) mass is 198 g/mol. The summed E-state index contributed by atoms with van der Waals surface area (Å²) >= 11 is 0. The summed E-state index contributed by atoms with van der Waals surface area (Å²) in [5.74, 6) is -2.00. The molecule has 0 heterocycles. The van der Waals surface area contributed by atoms with E-state index in [1.165, 1.54) is 0 Å². The van der Waals surface area contributed by atoms with Crippen molar-refractivity contribution >= 4 is 5.78 Å². The van der Waals surface area contributed by atoms with Gasteiger partial charge in [-0.25, -0.2) is 0 Å². The third-order valence-electron chi connectivity index (χ3n) is 1.71. The number of aliphatic hydroxyl groups excluding tert-OH is 1. The van der Waals surface area contributed by atoms with Crippen LogP contribution in [0.1, 0.15) is 26.2 Å². The number of carbonyl (C=O) groups is 1. The minimum Gasteiger partial charge on any atom is -0.396 e. The molecule has 0 unspecified atom stereocenters. The second-order valence-electron chi connectivity index (χ2n) is 3.10. The van der Waals surface area contributed by atoms with Crippen LogP contribution in [0.25, 0.3) is 0 Å². The van der Waals surface area contributed by atoms with E-state index < -0.39 is 18.4 Å². The lowest BCUT2D eigenvalue weighted by molar-refractivity contribution is -0.172. The molecule has 0 fully saturated rings. The molecule has 1 atom stereocenters. The molecule has 0 aliphatic heterocycles. The molecule has 0 aromatic heterocycles. The first-order valence-corrected chi connectivity index (χ1v) is 4.08. The fourth-order valence-corrected chi connectivity index (χ4v) is 0.974. The van der Waals surface area contributed by atoms with E-state index >= 15 is 0 Å². The van der Waals surface area contributed by atoms with E-state index in [2.05, 4.69) is 0 Å². The van der Waals surface area contributed by atoms with E-state index in [-0.39, 0.29) is 12.5 Å². The van der Waals surface area contributed by atoms with Gasteiger partial charge in [-0.1, -0.05) is 6.92 Å². The predicted octanol–water partition coefficient (Wildman–Crippen LogP) is 1.92. The Morgan fingerprint density at radius 1 is 1.46 bits per heavy atom. The maximum atomic E-state index is 11.7. The molecular formula is C8H13F3O2. The maximum absolute atomic E-state index is 11.7. The fourth-order valence-electron chi connectivity index (χ4n) is 0.974. The van der Waals surface area contributed by atoms with E-state index in [9.17, 15) is 18.0 Å². The molecule has 2 nitrogen and oxygen atoms in total.